The maximum atomic E-state index is 10.7. The minimum Gasteiger partial charge on any atom is -0.393 e. The van der Waals surface area contributed by atoms with Gasteiger partial charge in [-0.25, -0.2) is 0 Å². The highest BCUT2D eigenvalue weighted by molar-refractivity contribution is 6.30. The van der Waals surface area contributed by atoms with Crippen LogP contribution in [0.3, 0.4) is 0 Å². The molecule has 0 aromatic heterocycles. The standard InChI is InChI=1S/C12H9ClN4O2/c13-8-1-3-9(4-2-8)15-16-10-5-6-11(14)12(7-10)17(18)19/h1-7H,14H2/b16-15+. The minimum absolute atomic E-state index is 0.0930. The molecule has 2 aromatic rings. The molecule has 2 N–H and O–H groups in total. The summed E-state index contributed by atoms with van der Waals surface area (Å²) in [6, 6.07) is 11.0. The predicted molar refractivity (Wildman–Crippen MR) is 73.1 cm³/mol. The molecule has 0 saturated heterocycles. The van der Waals surface area contributed by atoms with Crippen LogP contribution in [0, 0.1) is 10.1 Å². The average molecular weight is 277 g/mol. The third-order valence-corrected chi connectivity index (χ3v) is 2.57. The third-order valence-electron chi connectivity index (χ3n) is 2.32. The Kier molecular flexibility index (Phi) is 3.72. The van der Waals surface area contributed by atoms with E-state index in [9.17, 15) is 10.1 Å². The minimum atomic E-state index is -0.559. The van der Waals surface area contributed by atoms with Gasteiger partial charge in [-0.1, -0.05) is 11.6 Å². The number of nitrogens with zero attached hydrogens (tertiary/aromatic N) is 3. The van der Waals surface area contributed by atoms with Gasteiger partial charge in [0, 0.05) is 11.1 Å². The molecule has 0 aliphatic heterocycles. The number of nitrogen functional groups attached to an aromatic ring is 1. The molecule has 96 valence electrons. The summed E-state index contributed by atoms with van der Waals surface area (Å²) in [6.45, 7) is 0. The van der Waals surface area contributed by atoms with Gasteiger partial charge in [0.1, 0.15) is 5.69 Å². The van der Waals surface area contributed by atoms with E-state index in [4.69, 9.17) is 17.3 Å². The number of benzene rings is 2. The number of nitrogens with two attached hydrogens (primary N) is 1. The second-order valence-corrected chi connectivity index (χ2v) is 4.11. The van der Waals surface area contributed by atoms with E-state index in [2.05, 4.69) is 10.2 Å². The second kappa shape index (κ2) is 5.45. The molecule has 2 rings (SSSR count). The fraction of sp³-hybridized carbons (Fsp3) is 0. The summed E-state index contributed by atoms with van der Waals surface area (Å²) in [4.78, 5) is 10.2. The largest absolute Gasteiger partial charge is 0.393 e. The van der Waals surface area contributed by atoms with E-state index in [-0.39, 0.29) is 11.4 Å². The maximum Gasteiger partial charge on any atom is 0.294 e. The van der Waals surface area contributed by atoms with Gasteiger partial charge in [-0.15, -0.1) is 0 Å². The van der Waals surface area contributed by atoms with Crippen molar-refractivity contribution in [1.82, 2.24) is 0 Å². The fourth-order valence-electron chi connectivity index (χ4n) is 1.38. The molecule has 0 atom stereocenters. The van der Waals surface area contributed by atoms with Crippen molar-refractivity contribution in [2.75, 3.05) is 5.73 Å². The molecular weight excluding hydrogens is 268 g/mol. The number of rotatable bonds is 3. The summed E-state index contributed by atoms with van der Waals surface area (Å²) >= 11 is 5.74. The lowest BCUT2D eigenvalue weighted by molar-refractivity contribution is -0.383. The zero-order valence-corrected chi connectivity index (χ0v) is 10.4. The Balaban J connectivity index is 2.26. The van der Waals surface area contributed by atoms with Crippen LogP contribution in [0.5, 0.6) is 0 Å². The molecule has 0 radical (unpaired) electrons. The molecule has 0 heterocycles. The van der Waals surface area contributed by atoms with Crippen LogP contribution in [0.15, 0.2) is 52.7 Å². The summed E-state index contributed by atoms with van der Waals surface area (Å²) in [5.41, 5.74) is 6.35. The van der Waals surface area contributed by atoms with Gasteiger partial charge in [0.15, 0.2) is 0 Å². The number of anilines is 1. The number of hydrogen-bond acceptors (Lipinski definition) is 5. The fourth-order valence-corrected chi connectivity index (χ4v) is 1.50. The Bertz CT molecular complexity index is 641. The van der Waals surface area contributed by atoms with Crippen molar-refractivity contribution in [2.24, 2.45) is 10.2 Å². The molecular formula is C12H9ClN4O2. The van der Waals surface area contributed by atoms with Gasteiger partial charge in [-0.2, -0.15) is 10.2 Å². The number of azo groups is 1. The molecule has 7 heteroatoms. The first-order valence-electron chi connectivity index (χ1n) is 5.27. The van der Waals surface area contributed by atoms with Crippen LogP contribution in [-0.4, -0.2) is 4.92 Å². The second-order valence-electron chi connectivity index (χ2n) is 3.68. The number of halogens is 1. The molecule has 0 saturated carbocycles. The SMILES string of the molecule is Nc1ccc(/N=N/c2ccc(Cl)cc2)cc1[N+](=O)[O-]. The summed E-state index contributed by atoms with van der Waals surface area (Å²) < 4.78 is 0. The van der Waals surface area contributed by atoms with Crippen LogP contribution in [0.1, 0.15) is 0 Å². The third kappa shape index (κ3) is 3.26. The Morgan fingerprint density at radius 2 is 1.63 bits per heavy atom. The Morgan fingerprint density at radius 1 is 1.05 bits per heavy atom. The van der Waals surface area contributed by atoms with E-state index < -0.39 is 4.92 Å². The molecule has 0 unspecified atom stereocenters. The number of hydrogen-bond donors (Lipinski definition) is 1. The quantitative estimate of drug-likeness (QED) is 0.393. The van der Waals surface area contributed by atoms with E-state index in [1.54, 1.807) is 30.3 Å². The summed E-state index contributed by atoms with van der Waals surface area (Å²) in [5, 5.41) is 19.2. The predicted octanol–water partition coefficient (Wildman–Crippen LogP) is 4.25. The average Bonchev–Trinajstić information content (AvgIpc) is 2.39. The van der Waals surface area contributed by atoms with E-state index in [0.717, 1.165) is 0 Å². The van der Waals surface area contributed by atoms with Crippen molar-refractivity contribution < 1.29 is 4.92 Å². The normalized spacial score (nSPS) is 10.8. The smallest absolute Gasteiger partial charge is 0.294 e. The van der Waals surface area contributed by atoms with E-state index in [0.29, 0.717) is 16.4 Å². The van der Waals surface area contributed by atoms with Crippen LogP contribution in [0.25, 0.3) is 0 Å². The first-order valence-corrected chi connectivity index (χ1v) is 5.65. The molecule has 0 bridgehead atoms. The Labute approximate surface area is 113 Å². The van der Waals surface area contributed by atoms with Gasteiger partial charge in [-0.3, -0.25) is 10.1 Å². The topological polar surface area (TPSA) is 93.9 Å². The summed E-state index contributed by atoms with van der Waals surface area (Å²) in [7, 11) is 0. The molecule has 0 aliphatic rings. The van der Waals surface area contributed by atoms with Crippen LogP contribution in [-0.2, 0) is 0 Å². The highest BCUT2D eigenvalue weighted by Gasteiger charge is 2.11. The monoisotopic (exact) mass is 276 g/mol. The summed E-state index contributed by atoms with van der Waals surface area (Å²) in [5.74, 6) is 0. The maximum absolute atomic E-state index is 10.7. The van der Waals surface area contributed by atoms with Crippen LogP contribution in [0.2, 0.25) is 5.02 Å². The van der Waals surface area contributed by atoms with Crippen LogP contribution < -0.4 is 5.73 Å². The van der Waals surface area contributed by atoms with Crippen molar-refractivity contribution >= 4 is 34.4 Å². The van der Waals surface area contributed by atoms with E-state index in [1.165, 1.54) is 12.1 Å². The van der Waals surface area contributed by atoms with Gasteiger partial charge in [0.2, 0.25) is 0 Å². The van der Waals surface area contributed by atoms with Crippen molar-refractivity contribution in [3.63, 3.8) is 0 Å². The van der Waals surface area contributed by atoms with Gasteiger partial charge in [0.25, 0.3) is 5.69 Å². The van der Waals surface area contributed by atoms with Crippen molar-refractivity contribution in [3.05, 3.63) is 57.6 Å². The zero-order valence-electron chi connectivity index (χ0n) is 9.65. The lowest BCUT2D eigenvalue weighted by Gasteiger charge is -1.98. The molecule has 0 aliphatic carbocycles. The van der Waals surface area contributed by atoms with Gasteiger partial charge in [0.05, 0.1) is 16.3 Å². The van der Waals surface area contributed by atoms with Crippen molar-refractivity contribution in [3.8, 4) is 0 Å². The number of nitro benzene ring substituents is 1. The Hall–Kier alpha value is -2.47. The van der Waals surface area contributed by atoms with Crippen LogP contribution in [0.4, 0.5) is 22.7 Å². The molecule has 0 spiro atoms. The zero-order chi connectivity index (χ0) is 13.8. The molecule has 0 fully saturated rings. The lowest BCUT2D eigenvalue weighted by atomic mass is 10.2. The number of nitro groups is 1. The lowest BCUT2D eigenvalue weighted by Crippen LogP contribution is -1.94. The highest BCUT2D eigenvalue weighted by Crippen LogP contribution is 2.28. The molecule has 6 nitrogen and oxygen atoms in total. The van der Waals surface area contributed by atoms with E-state index in [1.807, 2.05) is 0 Å². The first-order chi connectivity index (χ1) is 9.06. The van der Waals surface area contributed by atoms with E-state index >= 15 is 0 Å². The summed E-state index contributed by atoms with van der Waals surface area (Å²) in [6.07, 6.45) is 0. The van der Waals surface area contributed by atoms with Crippen molar-refractivity contribution in [2.45, 2.75) is 0 Å². The van der Waals surface area contributed by atoms with Crippen molar-refractivity contribution in [1.29, 1.82) is 0 Å². The highest BCUT2D eigenvalue weighted by atomic mass is 35.5. The van der Waals surface area contributed by atoms with Gasteiger partial charge < -0.3 is 5.73 Å². The Morgan fingerprint density at radius 3 is 2.26 bits per heavy atom. The molecule has 19 heavy (non-hydrogen) atoms. The molecule has 2 aromatic carbocycles. The van der Waals surface area contributed by atoms with Crippen LogP contribution >= 0.6 is 11.6 Å². The van der Waals surface area contributed by atoms with Gasteiger partial charge in [-0.05, 0) is 36.4 Å². The first kappa shape index (κ1) is 13.0. The van der Waals surface area contributed by atoms with Gasteiger partial charge >= 0.3 is 0 Å². The molecule has 0 amide bonds.